The van der Waals surface area contributed by atoms with Gasteiger partial charge in [-0.1, -0.05) is 22.9 Å². The van der Waals surface area contributed by atoms with Gasteiger partial charge in [-0.2, -0.15) is 0 Å². The average Bonchev–Trinajstić information content (AvgIpc) is 2.68. The molecular weight excluding hydrogens is 270 g/mol. The van der Waals surface area contributed by atoms with Gasteiger partial charge in [0, 0.05) is 17.5 Å². The number of hydrogen-bond acceptors (Lipinski definition) is 2. The first kappa shape index (κ1) is 12.4. The van der Waals surface area contributed by atoms with Crippen molar-refractivity contribution in [1.29, 1.82) is 0 Å². The predicted octanol–water partition coefficient (Wildman–Crippen LogP) is 2.23. The fourth-order valence-electron chi connectivity index (χ4n) is 2.51. The molecule has 1 heterocycles. The molecule has 1 amide bonds. The van der Waals surface area contributed by atoms with Gasteiger partial charge < -0.3 is 10.1 Å². The number of halogens is 1. The second-order valence-corrected chi connectivity index (χ2v) is 6.31. The van der Waals surface area contributed by atoms with Crippen molar-refractivity contribution in [3.8, 4) is 0 Å². The highest BCUT2D eigenvalue weighted by Gasteiger charge is 2.32. The average molecular weight is 290 g/mol. The van der Waals surface area contributed by atoms with Crippen LogP contribution in [0.4, 0.5) is 0 Å². The Labute approximate surface area is 105 Å². The van der Waals surface area contributed by atoms with Gasteiger partial charge in [0.2, 0.25) is 5.91 Å². The maximum Gasteiger partial charge on any atom is 0.249 e. The highest BCUT2D eigenvalue weighted by atomic mass is 79.9. The van der Waals surface area contributed by atoms with Gasteiger partial charge in [0.05, 0.1) is 0 Å². The molecule has 1 saturated carbocycles. The van der Waals surface area contributed by atoms with Crippen molar-refractivity contribution in [3.05, 3.63) is 0 Å². The first-order valence-electron chi connectivity index (χ1n) is 6.23. The summed E-state index contributed by atoms with van der Waals surface area (Å²) in [5.74, 6) is 0.468. The van der Waals surface area contributed by atoms with Crippen LogP contribution in [-0.2, 0) is 9.53 Å². The third kappa shape index (κ3) is 2.98. The SMILES string of the molecule is CC1CCOC1C(=O)NC1CCC(Br)CC1. The summed E-state index contributed by atoms with van der Waals surface area (Å²) in [5.41, 5.74) is 0. The lowest BCUT2D eigenvalue weighted by atomic mass is 9.94. The van der Waals surface area contributed by atoms with Crippen LogP contribution in [-0.4, -0.2) is 29.5 Å². The number of amides is 1. The fourth-order valence-corrected chi connectivity index (χ4v) is 3.04. The summed E-state index contributed by atoms with van der Waals surface area (Å²) >= 11 is 3.62. The number of carbonyl (C=O) groups excluding carboxylic acids is 1. The van der Waals surface area contributed by atoms with E-state index in [2.05, 4.69) is 28.2 Å². The normalized spacial score (nSPS) is 39.6. The van der Waals surface area contributed by atoms with Gasteiger partial charge in [-0.15, -0.1) is 0 Å². The Hall–Kier alpha value is -0.0900. The first-order chi connectivity index (χ1) is 7.66. The molecule has 2 atom stereocenters. The Morgan fingerprint density at radius 2 is 1.94 bits per heavy atom. The zero-order valence-corrected chi connectivity index (χ0v) is 11.3. The van der Waals surface area contributed by atoms with Gasteiger partial charge in [0.1, 0.15) is 6.10 Å². The lowest BCUT2D eigenvalue weighted by Gasteiger charge is -2.27. The molecular formula is C12H20BrNO2. The Kier molecular flexibility index (Phi) is 4.25. The summed E-state index contributed by atoms with van der Waals surface area (Å²) in [6.45, 7) is 2.82. The molecule has 0 aromatic rings. The number of hydrogen-bond donors (Lipinski definition) is 1. The monoisotopic (exact) mass is 289 g/mol. The summed E-state index contributed by atoms with van der Waals surface area (Å²) in [4.78, 5) is 12.6. The summed E-state index contributed by atoms with van der Waals surface area (Å²) < 4.78 is 5.47. The van der Waals surface area contributed by atoms with Crippen LogP contribution in [0.3, 0.4) is 0 Å². The minimum absolute atomic E-state index is 0.100. The quantitative estimate of drug-likeness (QED) is 0.792. The largest absolute Gasteiger partial charge is 0.368 e. The second kappa shape index (κ2) is 5.50. The summed E-state index contributed by atoms with van der Waals surface area (Å²) in [5, 5.41) is 3.13. The zero-order chi connectivity index (χ0) is 11.5. The Bertz CT molecular complexity index is 251. The molecule has 1 saturated heterocycles. The van der Waals surface area contributed by atoms with Gasteiger partial charge in [0.25, 0.3) is 0 Å². The third-order valence-corrected chi connectivity index (χ3v) is 4.56. The predicted molar refractivity (Wildman–Crippen MR) is 66.6 cm³/mol. The second-order valence-electron chi connectivity index (χ2n) is 5.01. The molecule has 16 heavy (non-hydrogen) atoms. The standard InChI is InChI=1S/C12H20BrNO2/c1-8-6-7-16-11(8)12(15)14-10-4-2-9(13)3-5-10/h8-11H,2-7H2,1H3,(H,14,15). The molecule has 92 valence electrons. The fraction of sp³-hybridized carbons (Fsp3) is 0.917. The van der Waals surface area contributed by atoms with Gasteiger partial charge >= 0.3 is 0 Å². The van der Waals surface area contributed by atoms with Crippen LogP contribution in [0.1, 0.15) is 39.0 Å². The lowest BCUT2D eigenvalue weighted by Crippen LogP contribution is -2.44. The van der Waals surface area contributed by atoms with Crippen molar-refractivity contribution in [1.82, 2.24) is 5.32 Å². The van der Waals surface area contributed by atoms with Gasteiger partial charge in [-0.25, -0.2) is 0 Å². The van der Waals surface area contributed by atoms with E-state index in [0.29, 0.717) is 16.8 Å². The van der Waals surface area contributed by atoms with Crippen LogP contribution in [0, 0.1) is 5.92 Å². The highest BCUT2D eigenvalue weighted by Crippen LogP contribution is 2.25. The zero-order valence-electron chi connectivity index (χ0n) is 9.75. The van der Waals surface area contributed by atoms with E-state index in [0.717, 1.165) is 38.7 Å². The topological polar surface area (TPSA) is 38.3 Å². The summed E-state index contributed by atoms with van der Waals surface area (Å²) in [6, 6.07) is 0.359. The van der Waals surface area contributed by atoms with Crippen molar-refractivity contribution < 1.29 is 9.53 Å². The van der Waals surface area contributed by atoms with Crippen molar-refractivity contribution >= 4 is 21.8 Å². The minimum Gasteiger partial charge on any atom is -0.368 e. The molecule has 2 unspecified atom stereocenters. The molecule has 0 radical (unpaired) electrons. The molecule has 0 bridgehead atoms. The number of alkyl halides is 1. The van der Waals surface area contributed by atoms with E-state index in [4.69, 9.17) is 4.74 Å². The Morgan fingerprint density at radius 3 is 2.50 bits per heavy atom. The molecule has 0 aromatic heterocycles. The molecule has 2 aliphatic rings. The summed E-state index contributed by atoms with van der Waals surface area (Å²) in [7, 11) is 0. The highest BCUT2D eigenvalue weighted by molar-refractivity contribution is 9.09. The van der Waals surface area contributed by atoms with Crippen molar-refractivity contribution in [2.45, 2.75) is 56.0 Å². The first-order valence-corrected chi connectivity index (χ1v) is 7.14. The van der Waals surface area contributed by atoms with Crippen LogP contribution < -0.4 is 5.32 Å². The number of rotatable bonds is 2. The van der Waals surface area contributed by atoms with Crippen molar-refractivity contribution in [2.24, 2.45) is 5.92 Å². The molecule has 3 nitrogen and oxygen atoms in total. The van der Waals surface area contributed by atoms with E-state index in [1.54, 1.807) is 0 Å². The maximum absolute atomic E-state index is 12.0. The van der Waals surface area contributed by atoms with E-state index >= 15 is 0 Å². The van der Waals surface area contributed by atoms with E-state index < -0.39 is 0 Å². The van der Waals surface area contributed by atoms with Crippen LogP contribution in [0.25, 0.3) is 0 Å². The van der Waals surface area contributed by atoms with Gasteiger partial charge in [-0.05, 0) is 38.0 Å². The van der Waals surface area contributed by atoms with Gasteiger partial charge in [-0.3, -0.25) is 4.79 Å². The molecule has 1 aliphatic carbocycles. The molecule has 2 rings (SSSR count). The molecule has 0 spiro atoms. The molecule has 0 aromatic carbocycles. The number of carbonyl (C=O) groups is 1. The maximum atomic E-state index is 12.0. The van der Waals surface area contributed by atoms with Gasteiger partial charge in [0.15, 0.2) is 0 Å². The third-order valence-electron chi connectivity index (χ3n) is 3.65. The summed E-state index contributed by atoms with van der Waals surface area (Å²) in [6.07, 6.45) is 5.29. The van der Waals surface area contributed by atoms with Crippen molar-refractivity contribution in [2.75, 3.05) is 6.61 Å². The molecule has 2 fully saturated rings. The van der Waals surface area contributed by atoms with Crippen LogP contribution in [0.2, 0.25) is 0 Å². The van der Waals surface area contributed by atoms with E-state index in [1.807, 2.05) is 0 Å². The smallest absolute Gasteiger partial charge is 0.249 e. The Balaban J connectivity index is 1.78. The molecule has 1 N–H and O–H groups in total. The van der Waals surface area contributed by atoms with Crippen LogP contribution >= 0.6 is 15.9 Å². The number of ether oxygens (including phenoxy) is 1. The molecule has 4 heteroatoms. The van der Waals surface area contributed by atoms with Crippen LogP contribution in [0.5, 0.6) is 0 Å². The lowest BCUT2D eigenvalue weighted by molar-refractivity contribution is -0.132. The van der Waals surface area contributed by atoms with E-state index in [9.17, 15) is 4.79 Å². The van der Waals surface area contributed by atoms with E-state index in [-0.39, 0.29) is 12.0 Å². The molecule has 1 aliphatic heterocycles. The minimum atomic E-state index is -0.207. The van der Waals surface area contributed by atoms with Crippen LogP contribution in [0.15, 0.2) is 0 Å². The van der Waals surface area contributed by atoms with E-state index in [1.165, 1.54) is 0 Å². The Morgan fingerprint density at radius 1 is 1.25 bits per heavy atom. The number of nitrogens with one attached hydrogen (secondary N) is 1. The van der Waals surface area contributed by atoms with Crippen molar-refractivity contribution in [3.63, 3.8) is 0 Å².